The van der Waals surface area contributed by atoms with Crippen LogP contribution < -0.4 is 21.5 Å². The Balaban J connectivity index is 2.56. The van der Waals surface area contributed by atoms with E-state index >= 15 is 0 Å². The molecule has 0 heterocycles. The van der Waals surface area contributed by atoms with Gasteiger partial charge in [0.1, 0.15) is 5.75 Å². The van der Waals surface area contributed by atoms with Crippen molar-refractivity contribution in [2.45, 2.75) is 32.2 Å². The van der Waals surface area contributed by atoms with Crippen molar-refractivity contribution >= 4 is 17.5 Å². The molecule has 0 saturated carbocycles. The van der Waals surface area contributed by atoms with Gasteiger partial charge in [0, 0.05) is 11.8 Å². The summed E-state index contributed by atoms with van der Waals surface area (Å²) in [6.45, 7) is 1.84. The largest absolute Gasteiger partial charge is 0.484 e. The summed E-state index contributed by atoms with van der Waals surface area (Å²) in [5, 5.41) is 2.72. The Morgan fingerprint density at radius 3 is 2.80 bits per heavy atom. The molecule has 0 radical (unpaired) electrons. The number of ether oxygens (including phenoxy) is 1. The van der Waals surface area contributed by atoms with E-state index in [2.05, 4.69) is 5.32 Å². The van der Waals surface area contributed by atoms with Crippen molar-refractivity contribution in [3.05, 3.63) is 24.3 Å². The Morgan fingerprint density at radius 2 is 2.15 bits per heavy atom. The number of benzene rings is 1. The molecule has 1 atom stereocenters. The minimum absolute atomic E-state index is 0.201. The fourth-order valence-corrected chi connectivity index (χ4v) is 1.61. The molecular formula is C14H21N3O3. The van der Waals surface area contributed by atoms with Crippen molar-refractivity contribution in [3.63, 3.8) is 0 Å². The molecule has 0 aromatic heterocycles. The van der Waals surface area contributed by atoms with Crippen LogP contribution in [0, 0.1) is 0 Å². The van der Waals surface area contributed by atoms with Crippen LogP contribution in [0.5, 0.6) is 5.75 Å². The van der Waals surface area contributed by atoms with Crippen molar-refractivity contribution < 1.29 is 14.3 Å². The van der Waals surface area contributed by atoms with Crippen LogP contribution in [-0.4, -0.2) is 24.5 Å². The Morgan fingerprint density at radius 1 is 1.40 bits per heavy atom. The average Bonchev–Trinajstić information content (AvgIpc) is 2.42. The number of carbonyl (C=O) groups excluding carboxylic acids is 2. The second-order valence-electron chi connectivity index (χ2n) is 4.52. The van der Waals surface area contributed by atoms with Crippen molar-refractivity contribution in [2.75, 3.05) is 11.9 Å². The molecule has 0 aliphatic rings. The number of hydrogen-bond donors (Lipinski definition) is 3. The molecular weight excluding hydrogens is 258 g/mol. The molecule has 110 valence electrons. The zero-order valence-electron chi connectivity index (χ0n) is 11.6. The van der Waals surface area contributed by atoms with Crippen LogP contribution in [0.15, 0.2) is 24.3 Å². The molecule has 0 bridgehead atoms. The topological polar surface area (TPSA) is 107 Å². The maximum atomic E-state index is 11.8. The second-order valence-corrected chi connectivity index (χ2v) is 4.52. The fraction of sp³-hybridized carbons (Fsp3) is 0.429. The van der Waals surface area contributed by atoms with Gasteiger partial charge in [-0.1, -0.05) is 25.8 Å². The minimum atomic E-state index is -0.555. The number of primary amides is 1. The molecule has 2 amide bonds. The summed E-state index contributed by atoms with van der Waals surface area (Å²) in [5.41, 5.74) is 11.4. The normalized spacial score (nSPS) is 11.7. The first-order valence-electron chi connectivity index (χ1n) is 6.60. The number of nitrogens with one attached hydrogen (secondary N) is 1. The summed E-state index contributed by atoms with van der Waals surface area (Å²) in [5.74, 6) is -0.324. The first kappa shape index (κ1) is 16.0. The van der Waals surface area contributed by atoms with Crippen molar-refractivity contribution in [3.8, 4) is 5.75 Å². The van der Waals surface area contributed by atoms with Crippen molar-refractivity contribution in [2.24, 2.45) is 11.5 Å². The highest BCUT2D eigenvalue weighted by atomic mass is 16.5. The van der Waals surface area contributed by atoms with Gasteiger partial charge in [-0.25, -0.2) is 0 Å². The third-order valence-corrected chi connectivity index (χ3v) is 2.69. The summed E-state index contributed by atoms with van der Waals surface area (Å²) in [7, 11) is 0. The molecule has 0 saturated heterocycles. The molecule has 0 fully saturated rings. The van der Waals surface area contributed by atoms with Gasteiger partial charge in [0.15, 0.2) is 6.61 Å². The Bertz CT molecular complexity index is 463. The summed E-state index contributed by atoms with van der Waals surface area (Å²) >= 11 is 0. The lowest BCUT2D eigenvalue weighted by atomic mass is 10.1. The fourth-order valence-electron chi connectivity index (χ4n) is 1.61. The van der Waals surface area contributed by atoms with Crippen LogP contribution in [-0.2, 0) is 9.59 Å². The predicted octanol–water partition coefficient (Wildman–Crippen LogP) is 1.01. The van der Waals surface area contributed by atoms with Crippen LogP contribution in [0.1, 0.15) is 26.2 Å². The van der Waals surface area contributed by atoms with E-state index in [0.29, 0.717) is 17.9 Å². The highest BCUT2D eigenvalue weighted by Gasteiger charge is 2.13. The van der Waals surface area contributed by atoms with Crippen LogP contribution in [0.3, 0.4) is 0 Å². The van der Waals surface area contributed by atoms with Gasteiger partial charge < -0.3 is 21.5 Å². The quantitative estimate of drug-likeness (QED) is 0.660. The molecule has 20 heavy (non-hydrogen) atoms. The van der Waals surface area contributed by atoms with E-state index in [9.17, 15) is 9.59 Å². The monoisotopic (exact) mass is 279 g/mol. The molecule has 1 aromatic rings. The first-order chi connectivity index (χ1) is 9.52. The Kier molecular flexibility index (Phi) is 6.52. The number of nitrogens with two attached hydrogens (primary N) is 2. The number of amides is 2. The zero-order chi connectivity index (χ0) is 15.0. The smallest absolute Gasteiger partial charge is 0.255 e. The molecule has 0 aliphatic heterocycles. The summed E-state index contributed by atoms with van der Waals surface area (Å²) in [6.07, 6.45) is 2.56. The SMILES string of the molecule is CCCCC(N)C(=O)Nc1cccc(OCC(N)=O)c1. The third-order valence-electron chi connectivity index (χ3n) is 2.69. The van der Waals surface area contributed by atoms with Gasteiger partial charge in [-0.2, -0.15) is 0 Å². The summed E-state index contributed by atoms with van der Waals surface area (Å²) in [6, 6.07) is 6.21. The zero-order valence-corrected chi connectivity index (χ0v) is 11.6. The molecule has 6 heteroatoms. The van der Waals surface area contributed by atoms with E-state index in [1.165, 1.54) is 0 Å². The molecule has 1 aromatic carbocycles. The van der Waals surface area contributed by atoms with E-state index in [1.807, 2.05) is 6.92 Å². The number of anilines is 1. The minimum Gasteiger partial charge on any atom is -0.484 e. The van der Waals surface area contributed by atoms with E-state index in [4.69, 9.17) is 16.2 Å². The van der Waals surface area contributed by atoms with Crippen LogP contribution in [0.4, 0.5) is 5.69 Å². The van der Waals surface area contributed by atoms with Gasteiger partial charge >= 0.3 is 0 Å². The molecule has 1 unspecified atom stereocenters. The lowest BCUT2D eigenvalue weighted by Gasteiger charge is -2.12. The summed E-state index contributed by atoms with van der Waals surface area (Å²) < 4.78 is 5.16. The van der Waals surface area contributed by atoms with E-state index < -0.39 is 11.9 Å². The molecule has 6 nitrogen and oxygen atoms in total. The average molecular weight is 279 g/mol. The standard InChI is InChI=1S/C14H21N3O3/c1-2-3-7-12(15)14(19)17-10-5-4-6-11(8-10)20-9-13(16)18/h4-6,8,12H,2-3,7,9,15H2,1H3,(H2,16,18)(H,17,19). The lowest BCUT2D eigenvalue weighted by Crippen LogP contribution is -2.35. The van der Waals surface area contributed by atoms with E-state index in [1.54, 1.807) is 24.3 Å². The van der Waals surface area contributed by atoms with E-state index in [0.717, 1.165) is 12.8 Å². The highest BCUT2D eigenvalue weighted by molar-refractivity contribution is 5.94. The number of carbonyl (C=O) groups is 2. The van der Waals surface area contributed by atoms with Crippen LogP contribution in [0.25, 0.3) is 0 Å². The first-order valence-corrected chi connectivity index (χ1v) is 6.60. The van der Waals surface area contributed by atoms with Crippen LogP contribution in [0.2, 0.25) is 0 Å². The van der Waals surface area contributed by atoms with Gasteiger partial charge in [-0.15, -0.1) is 0 Å². The van der Waals surface area contributed by atoms with Crippen LogP contribution >= 0.6 is 0 Å². The lowest BCUT2D eigenvalue weighted by molar-refractivity contribution is -0.120. The number of rotatable bonds is 8. The Labute approximate surface area is 118 Å². The van der Waals surface area contributed by atoms with Crippen molar-refractivity contribution in [1.82, 2.24) is 0 Å². The van der Waals surface area contributed by atoms with Gasteiger partial charge in [0.25, 0.3) is 5.91 Å². The Hall–Kier alpha value is -2.08. The molecule has 0 spiro atoms. The molecule has 5 N–H and O–H groups in total. The summed E-state index contributed by atoms with van der Waals surface area (Å²) in [4.78, 5) is 22.5. The molecule has 0 aliphatic carbocycles. The molecule has 1 rings (SSSR count). The maximum absolute atomic E-state index is 11.8. The third kappa shape index (κ3) is 5.71. The van der Waals surface area contributed by atoms with Gasteiger partial charge in [0.2, 0.25) is 5.91 Å². The van der Waals surface area contributed by atoms with Gasteiger partial charge in [-0.05, 0) is 18.6 Å². The maximum Gasteiger partial charge on any atom is 0.255 e. The number of unbranched alkanes of at least 4 members (excludes halogenated alkanes) is 1. The van der Waals surface area contributed by atoms with E-state index in [-0.39, 0.29) is 12.5 Å². The highest BCUT2D eigenvalue weighted by Crippen LogP contribution is 2.17. The predicted molar refractivity (Wildman–Crippen MR) is 77.3 cm³/mol. The van der Waals surface area contributed by atoms with Gasteiger partial charge in [-0.3, -0.25) is 9.59 Å². The van der Waals surface area contributed by atoms with Gasteiger partial charge in [0.05, 0.1) is 6.04 Å². The number of hydrogen-bond acceptors (Lipinski definition) is 4. The second kappa shape index (κ2) is 8.16. The van der Waals surface area contributed by atoms with Crippen molar-refractivity contribution in [1.29, 1.82) is 0 Å².